The lowest BCUT2D eigenvalue weighted by Gasteiger charge is -2.26. The minimum Gasteiger partial charge on any atom is -0.312 e. The van der Waals surface area contributed by atoms with E-state index in [4.69, 9.17) is 0 Å². The number of hydrogen-bond donors (Lipinski definition) is 2. The average Bonchev–Trinajstić information content (AvgIpc) is 2.81. The SMILES string of the molecule is CCc1nc(-c2cn(C3CNC3)nn2)n[nH]1. The van der Waals surface area contributed by atoms with E-state index in [0.717, 1.165) is 31.0 Å². The van der Waals surface area contributed by atoms with Crippen LogP contribution in [0.1, 0.15) is 18.8 Å². The summed E-state index contributed by atoms with van der Waals surface area (Å²) in [4.78, 5) is 4.32. The van der Waals surface area contributed by atoms with Gasteiger partial charge < -0.3 is 5.32 Å². The summed E-state index contributed by atoms with van der Waals surface area (Å²) in [5, 5.41) is 18.3. The molecule has 1 aliphatic heterocycles. The Balaban J connectivity index is 1.85. The standard InChI is InChI=1S/C9H13N7/c1-2-8-11-9(14-13-8)7-5-16(15-12-7)6-3-10-4-6/h5-6,10H,2-4H2,1H3,(H,11,13,14). The maximum Gasteiger partial charge on any atom is 0.203 e. The molecule has 84 valence electrons. The molecule has 0 bridgehead atoms. The van der Waals surface area contributed by atoms with Gasteiger partial charge >= 0.3 is 0 Å². The van der Waals surface area contributed by atoms with Gasteiger partial charge in [0.1, 0.15) is 5.82 Å². The fourth-order valence-corrected chi connectivity index (χ4v) is 1.59. The van der Waals surface area contributed by atoms with Gasteiger partial charge in [0.25, 0.3) is 0 Å². The highest BCUT2D eigenvalue weighted by atomic mass is 15.5. The van der Waals surface area contributed by atoms with Crippen LogP contribution in [0.2, 0.25) is 0 Å². The largest absolute Gasteiger partial charge is 0.312 e. The molecule has 2 aromatic heterocycles. The van der Waals surface area contributed by atoms with E-state index >= 15 is 0 Å². The first-order valence-electron chi connectivity index (χ1n) is 5.41. The Hall–Kier alpha value is -1.76. The van der Waals surface area contributed by atoms with Gasteiger partial charge in [-0.2, -0.15) is 5.10 Å². The molecule has 0 amide bonds. The molecule has 3 heterocycles. The number of nitrogens with zero attached hydrogens (tertiary/aromatic N) is 5. The molecule has 0 saturated carbocycles. The Labute approximate surface area is 92.3 Å². The fourth-order valence-electron chi connectivity index (χ4n) is 1.59. The highest BCUT2D eigenvalue weighted by molar-refractivity contribution is 5.45. The normalized spacial score (nSPS) is 16.3. The van der Waals surface area contributed by atoms with Crippen molar-refractivity contribution in [2.24, 2.45) is 0 Å². The summed E-state index contributed by atoms with van der Waals surface area (Å²) in [5.74, 6) is 1.49. The minimum atomic E-state index is 0.422. The van der Waals surface area contributed by atoms with Crippen molar-refractivity contribution < 1.29 is 0 Å². The van der Waals surface area contributed by atoms with Crippen LogP contribution in [0.3, 0.4) is 0 Å². The Morgan fingerprint density at radius 3 is 3.00 bits per heavy atom. The van der Waals surface area contributed by atoms with Crippen LogP contribution in [0.5, 0.6) is 0 Å². The van der Waals surface area contributed by atoms with Crippen molar-refractivity contribution in [1.82, 2.24) is 35.5 Å². The van der Waals surface area contributed by atoms with Crippen molar-refractivity contribution >= 4 is 0 Å². The lowest BCUT2D eigenvalue weighted by molar-refractivity contribution is 0.313. The third-order valence-corrected chi connectivity index (χ3v) is 2.74. The Kier molecular flexibility index (Phi) is 2.17. The topological polar surface area (TPSA) is 84.3 Å². The predicted molar refractivity (Wildman–Crippen MR) is 56.7 cm³/mol. The van der Waals surface area contributed by atoms with Gasteiger partial charge in [-0.15, -0.1) is 5.10 Å². The summed E-state index contributed by atoms with van der Waals surface area (Å²) < 4.78 is 1.87. The average molecular weight is 219 g/mol. The molecule has 16 heavy (non-hydrogen) atoms. The minimum absolute atomic E-state index is 0.422. The Bertz CT molecular complexity index is 482. The molecular formula is C9H13N7. The number of aryl methyl sites for hydroxylation is 1. The van der Waals surface area contributed by atoms with Crippen molar-refractivity contribution in [2.45, 2.75) is 19.4 Å². The molecule has 1 fully saturated rings. The molecular weight excluding hydrogens is 206 g/mol. The summed E-state index contributed by atoms with van der Waals surface area (Å²) in [5.41, 5.74) is 0.725. The lowest BCUT2D eigenvalue weighted by atomic mass is 10.2. The van der Waals surface area contributed by atoms with E-state index in [9.17, 15) is 0 Å². The molecule has 1 aliphatic rings. The van der Waals surface area contributed by atoms with Crippen LogP contribution >= 0.6 is 0 Å². The molecule has 0 radical (unpaired) electrons. The van der Waals surface area contributed by atoms with E-state index in [0.29, 0.717) is 11.9 Å². The van der Waals surface area contributed by atoms with Gasteiger partial charge in [-0.25, -0.2) is 9.67 Å². The van der Waals surface area contributed by atoms with Crippen molar-refractivity contribution in [2.75, 3.05) is 13.1 Å². The van der Waals surface area contributed by atoms with Crippen molar-refractivity contribution in [3.8, 4) is 11.5 Å². The van der Waals surface area contributed by atoms with Crippen LogP contribution < -0.4 is 5.32 Å². The van der Waals surface area contributed by atoms with E-state index in [1.54, 1.807) is 0 Å². The molecule has 0 atom stereocenters. The van der Waals surface area contributed by atoms with E-state index in [2.05, 4.69) is 30.8 Å². The molecule has 2 aromatic rings. The van der Waals surface area contributed by atoms with Crippen LogP contribution in [0.15, 0.2) is 6.20 Å². The van der Waals surface area contributed by atoms with Gasteiger partial charge in [-0.05, 0) is 0 Å². The third kappa shape index (κ3) is 1.49. The van der Waals surface area contributed by atoms with Gasteiger partial charge in [0, 0.05) is 19.5 Å². The number of aromatic nitrogens is 6. The maximum absolute atomic E-state index is 4.32. The summed E-state index contributed by atoms with van der Waals surface area (Å²) in [6.07, 6.45) is 2.74. The van der Waals surface area contributed by atoms with Crippen LogP contribution in [0.4, 0.5) is 0 Å². The molecule has 0 aromatic carbocycles. The van der Waals surface area contributed by atoms with E-state index in [1.165, 1.54) is 0 Å². The lowest BCUT2D eigenvalue weighted by Crippen LogP contribution is -2.43. The van der Waals surface area contributed by atoms with Crippen molar-refractivity contribution in [1.29, 1.82) is 0 Å². The Morgan fingerprint density at radius 1 is 1.50 bits per heavy atom. The van der Waals surface area contributed by atoms with Crippen LogP contribution in [-0.2, 0) is 6.42 Å². The van der Waals surface area contributed by atoms with Crippen molar-refractivity contribution in [3.05, 3.63) is 12.0 Å². The fraction of sp³-hybridized carbons (Fsp3) is 0.556. The second-order valence-electron chi connectivity index (χ2n) is 3.86. The second-order valence-corrected chi connectivity index (χ2v) is 3.86. The maximum atomic E-state index is 4.32. The summed E-state index contributed by atoms with van der Waals surface area (Å²) in [6.45, 7) is 3.94. The first-order chi connectivity index (χ1) is 7.86. The van der Waals surface area contributed by atoms with Gasteiger partial charge in [-0.3, -0.25) is 5.10 Å². The molecule has 7 heteroatoms. The number of H-pyrrole nitrogens is 1. The first-order valence-corrected chi connectivity index (χ1v) is 5.41. The second kappa shape index (κ2) is 3.67. The van der Waals surface area contributed by atoms with E-state index in [-0.39, 0.29) is 0 Å². The van der Waals surface area contributed by atoms with Gasteiger partial charge in [-0.1, -0.05) is 12.1 Å². The molecule has 3 rings (SSSR count). The molecule has 2 N–H and O–H groups in total. The molecule has 0 spiro atoms. The van der Waals surface area contributed by atoms with Crippen molar-refractivity contribution in [3.63, 3.8) is 0 Å². The molecule has 0 aliphatic carbocycles. The Morgan fingerprint density at radius 2 is 2.38 bits per heavy atom. The molecule has 7 nitrogen and oxygen atoms in total. The zero-order valence-electron chi connectivity index (χ0n) is 9.01. The van der Waals surface area contributed by atoms with Crippen LogP contribution in [0.25, 0.3) is 11.5 Å². The highest BCUT2D eigenvalue weighted by Crippen LogP contribution is 2.15. The van der Waals surface area contributed by atoms with Crippen LogP contribution in [-0.4, -0.2) is 43.3 Å². The predicted octanol–water partition coefficient (Wildman–Crippen LogP) is -0.230. The third-order valence-electron chi connectivity index (χ3n) is 2.74. The van der Waals surface area contributed by atoms with Crippen LogP contribution in [0, 0.1) is 0 Å². The summed E-state index contributed by atoms with van der Waals surface area (Å²) in [7, 11) is 0. The number of aromatic amines is 1. The van der Waals surface area contributed by atoms with Gasteiger partial charge in [0.2, 0.25) is 5.82 Å². The van der Waals surface area contributed by atoms with E-state index in [1.807, 2.05) is 17.8 Å². The monoisotopic (exact) mass is 219 g/mol. The number of nitrogens with one attached hydrogen (secondary N) is 2. The first kappa shape index (κ1) is 9.46. The molecule has 0 unspecified atom stereocenters. The van der Waals surface area contributed by atoms with Gasteiger partial charge in [0.15, 0.2) is 5.69 Å². The highest BCUT2D eigenvalue weighted by Gasteiger charge is 2.21. The van der Waals surface area contributed by atoms with Gasteiger partial charge in [0.05, 0.1) is 12.2 Å². The number of hydrogen-bond acceptors (Lipinski definition) is 5. The molecule has 1 saturated heterocycles. The summed E-state index contributed by atoms with van der Waals surface area (Å²) >= 11 is 0. The summed E-state index contributed by atoms with van der Waals surface area (Å²) in [6, 6.07) is 0.422. The number of rotatable bonds is 3. The zero-order chi connectivity index (χ0) is 11.0. The zero-order valence-corrected chi connectivity index (χ0v) is 9.01. The van der Waals surface area contributed by atoms with E-state index < -0.39 is 0 Å². The smallest absolute Gasteiger partial charge is 0.203 e. The quantitative estimate of drug-likeness (QED) is 0.745.